The first-order chi connectivity index (χ1) is 10.1. The Hall–Kier alpha value is -1.92. The number of likely N-dealkylation sites (tertiary alicyclic amines) is 1. The summed E-state index contributed by atoms with van der Waals surface area (Å²) >= 11 is 6.09. The third kappa shape index (κ3) is 2.91. The summed E-state index contributed by atoms with van der Waals surface area (Å²) in [5, 5.41) is 13.6. The van der Waals surface area contributed by atoms with E-state index in [-0.39, 0.29) is 0 Å². The molecule has 1 aromatic carbocycles. The van der Waals surface area contributed by atoms with E-state index in [0.717, 1.165) is 13.0 Å². The van der Waals surface area contributed by atoms with Crippen molar-refractivity contribution in [2.24, 2.45) is 0 Å². The second-order valence-electron chi connectivity index (χ2n) is 4.96. The number of rotatable bonds is 4. The Bertz CT molecular complexity index is 658. The molecule has 3 rings (SSSR count). The number of carboxylic acid groups (broad SMARTS) is 1. The monoisotopic (exact) mass is 307 g/mol. The molecule has 110 valence electrons. The quantitative estimate of drug-likeness (QED) is 0.934. The summed E-state index contributed by atoms with van der Waals surface area (Å²) in [6.07, 6.45) is 1.52. The Kier molecular flexibility index (Phi) is 3.90. The molecule has 1 aliphatic heterocycles. The second kappa shape index (κ2) is 5.83. The van der Waals surface area contributed by atoms with Gasteiger partial charge in [-0.05, 0) is 31.5 Å². The second-order valence-corrected chi connectivity index (χ2v) is 5.37. The number of halogens is 1. The lowest BCUT2D eigenvalue weighted by Gasteiger charge is -2.18. The largest absolute Gasteiger partial charge is 0.480 e. The first-order valence-corrected chi connectivity index (χ1v) is 7.07. The minimum absolute atomic E-state index is 0.349. The highest BCUT2D eigenvalue weighted by atomic mass is 35.5. The number of nitrogens with zero attached hydrogens (tertiary/aromatic N) is 3. The van der Waals surface area contributed by atoms with Gasteiger partial charge in [-0.25, -0.2) is 0 Å². The van der Waals surface area contributed by atoms with Gasteiger partial charge in [0.2, 0.25) is 0 Å². The number of aromatic nitrogens is 2. The lowest BCUT2D eigenvalue weighted by atomic mass is 10.2. The van der Waals surface area contributed by atoms with E-state index in [9.17, 15) is 4.79 Å². The molecular formula is C14H14ClN3O3. The van der Waals surface area contributed by atoms with Crippen LogP contribution in [0.15, 0.2) is 28.8 Å². The Morgan fingerprint density at radius 1 is 1.48 bits per heavy atom. The number of hydrogen-bond acceptors (Lipinski definition) is 5. The molecule has 0 radical (unpaired) electrons. The van der Waals surface area contributed by atoms with Gasteiger partial charge in [-0.3, -0.25) is 9.69 Å². The molecule has 0 saturated carbocycles. The van der Waals surface area contributed by atoms with Crippen LogP contribution in [0.3, 0.4) is 0 Å². The van der Waals surface area contributed by atoms with Crippen LogP contribution < -0.4 is 0 Å². The van der Waals surface area contributed by atoms with Crippen LogP contribution in [0.4, 0.5) is 0 Å². The van der Waals surface area contributed by atoms with Gasteiger partial charge in [0.15, 0.2) is 5.82 Å². The molecule has 6 nitrogen and oxygen atoms in total. The predicted octanol–water partition coefficient (Wildman–Crippen LogP) is 2.44. The molecule has 0 amide bonds. The normalized spacial score (nSPS) is 19.0. The van der Waals surface area contributed by atoms with E-state index in [4.69, 9.17) is 21.2 Å². The van der Waals surface area contributed by atoms with Crippen LogP contribution in [-0.4, -0.2) is 38.7 Å². The average molecular weight is 308 g/mol. The highest BCUT2D eigenvalue weighted by Crippen LogP contribution is 2.26. The molecular weight excluding hydrogens is 294 g/mol. The molecule has 1 unspecified atom stereocenters. The fraction of sp³-hybridized carbons (Fsp3) is 0.357. The van der Waals surface area contributed by atoms with Crippen LogP contribution in [0.1, 0.15) is 18.7 Å². The maximum absolute atomic E-state index is 11.2. The van der Waals surface area contributed by atoms with Gasteiger partial charge in [0, 0.05) is 0 Å². The van der Waals surface area contributed by atoms with Crippen LogP contribution in [0, 0.1) is 0 Å². The molecule has 1 aromatic heterocycles. The van der Waals surface area contributed by atoms with Crippen molar-refractivity contribution in [3.8, 4) is 11.5 Å². The molecule has 0 aliphatic carbocycles. The van der Waals surface area contributed by atoms with Crippen LogP contribution >= 0.6 is 11.6 Å². The maximum Gasteiger partial charge on any atom is 0.320 e. The third-order valence-electron chi connectivity index (χ3n) is 3.57. The standard InChI is InChI=1S/C14H14ClN3O3/c15-10-5-2-1-4-9(10)13-16-12(17-21-13)8-18-7-3-6-11(18)14(19)20/h1-2,4-5,11H,3,6-8H2,(H,19,20). The van der Waals surface area contributed by atoms with Gasteiger partial charge in [0.25, 0.3) is 5.89 Å². The van der Waals surface area contributed by atoms with Gasteiger partial charge >= 0.3 is 5.97 Å². The van der Waals surface area contributed by atoms with E-state index in [2.05, 4.69) is 10.1 Å². The van der Waals surface area contributed by atoms with Crippen molar-refractivity contribution in [1.82, 2.24) is 15.0 Å². The van der Waals surface area contributed by atoms with Crippen molar-refractivity contribution in [3.63, 3.8) is 0 Å². The zero-order valence-corrected chi connectivity index (χ0v) is 12.0. The minimum Gasteiger partial charge on any atom is -0.480 e. The third-order valence-corrected chi connectivity index (χ3v) is 3.90. The summed E-state index contributed by atoms with van der Waals surface area (Å²) < 4.78 is 5.22. The van der Waals surface area contributed by atoms with Crippen LogP contribution in [-0.2, 0) is 11.3 Å². The van der Waals surface area contributed by atoms with Crippen LogP contribution in [0.5, 0.6) is 0 Å². The molecule has 7 heteroatoms. The van der Waals surface area contributed by atoms with Gasteiger partial charge in [0.1, 0.15) is 6.04 Å². The van der Waals surface area contributed by atoms with Crippen molar-refractivity contribution in [1.29, 1.82) is 0 Å². The highest BCUT2D eigenvalue weighted by molar-refractivity contribution is 6.33. The van der Waals surface area contributed by atoms with Crippen molar-refractivity contribution in [3.05, 3.63) is 35.1 Å². The maximum atomic E-state index is 11.2. The Balaban J connectivity index is 1.77. The molecule has 1 fully saturated rings. The summed E-state index contributed by atoms with van der Waals surface area (Å²) in [6, 6.07) is 6.75. The molecule has 1 saturated heterocycles. The molecule has 1 aliphatic rings. The summed E-state index contributed by atoms with van der Waals surface area (Å²) in [6.45, 7) is 1.10. The summed E-state index contributed by atoms with van der Waals surface area (Å²) in [5.41, 5.74) is 0.675. The first-order valence-electron chi connectivity index (χ1n) is 6.69. The Labute approximate surface area is 126 Å². The van der Waals surface area contributed by atoms with E-state index < -0.39 is 12.0 Å². The molecule has 2 heterocycles. The molecule has 1 atom stereocenters. The smallest absolute Gasteiger partial charge is 0.320 e. The zero-order chi connectivity index (χ0) is 14.8. The van der Waals surface area contributed by atoms with E-state index in [0.29, 0.717) is 35.3 Å². The molecule has 0 bridgehead atoms. The zero-order valence-electron chi connectivity index (χ0n) is 11.2. The number of carbonyl (C=O) groups is 1. The number of hydrogen-bond donors (Lipinski definition) is 1. The molecule has 21 heavy (non-hydrogen) atoms. The van der Waals surface area contributed by atoms with Crippen LogP contribution in [0.25, 0.3) is 11.5 Å². The van der Waals surface area contributed by atoms with Gasteiger partial charge in [-0.15, -0.1) is 0 Å². The lowest BCUT2D eigenvalue weighted by molar-refractivity contribution is -0.142. The van der Waals surface area contributed by atoms with Gasteiger partial charge in [-0.2, -0.15) is 4.98 Å². The topological polar surface area (TPSA) is 79.5 Å². The van der Waals surface area contributed by atoms with E-state index in [1.165, 1.54) is 0 Å². The average Bonchev–Trinajstić information content (AvgIpc) is 3.09. The molecule has 2 aromatic rings. The van der Waals surface area contributed by atoms with Crippen LogP contribution in [0.2, 0.25) is 5.02 Å². The summed E-state index contributed by atoms with van der Waals surface area (Å²) in [5.74, 6) is 0.0158. The fourth-order valence-electron chi connectivity index (χ4n) is 2.54. The predicted molar refractivity (Wildman–Crippen MR) is 75.8 cm³/mol. The number of carboxylic acids is 1. The van der Waals surface area contributed by atoms with E-state index in [1.807, 2.05) is 17.0 Å². The minimum atomic E-state index is -0.803. The van der Waals surface area contributed by atoms with Gasteiger partial charge in [-0.1, -0.05) is 28.9 Å². The van der Waals surface area contributed by atoms with Gasteiger partial charge < -0.3 is 9.63 Å². The number of benzene rings is 1. The fourth-order valence-corrected chi connectivity index (χ4v) is 2.76. The van der Waals surface area contributed by atoms with E-state index in [1.54, 1.807) is 12.1 Å². The lowest BCUT2D eigenvalue weighted by Crippen LogP contribution is -2.35. The summed E-state index contributed by atoms with van der Waals surface area (Å²) in [4.78, 5) is 17.3. The highest BCUT2D eigenvalue weighted by Gasteiger charge is 2.31. The van der Waals surface area contributed by atoms with E-state index >= 15 is 0 Å². The Morgan fingerprint density at radius 3 is 3.05 bits per heavy atom. The SMILES string of the molecule is O=C(O)C1CCCN1Cc1noc(-c2ccccc2Cl)n1. The molecule has 0 spiro atoms. The van der Waals surface area contributed by atoms with Crippen molar-refractivity contribution < 1.29 is 14.4 Å². The molecule has 1 N–H and O–H groups in total. The Morgan fingerprint density at radius 2 is 2.29 bits per heavy atom. The van der Waals surface area contributed by atoms with Gasteiger partial charge in [0.05, 0.1) is 17.1 Å². The van der Waals surface area contributed by atoms with Crippen molar-refractivity contribution in [2.75, 3.05) is 6.54 Å². The summed E-state index contributed by atoms with van der Waals surface area (Å²) in [7, 11) is 0. The van der Waals surface area contributed by atoms with Crippen molar-refractivity contribution >= 4 is 17.6 Å². The first kappa shape index (κ1) is 14.0. The number of aliphatic carboxylic acids is 1. The van der Waals surface area contributed by atoms with Crippen molar-refractivity contribution in [2.45, 2.75) is 25.4 Å².